The molecule has 2 aliphatic carbocycles. The number of nitrogens with zero attached hydrogens (tertiary/aromatic N) is 2. The summed E-state index contributed by atoms with van der Waals surface area (Å²) < 4.78 is 8.71. The van der Waals surface area contributed by atoms with Crippen molar-refractivity contribution in [2.75, 3.05) is 4.90 Å². The van der Waals surface area contributed by atoms with Crippen LogP contribution in [-0.4, -0.2) is 10.6 Å². The number of benzene rings is 8. The number of para-hydroxylation sites is 3. The van der Waals surface area contributed by atoms with Crippen molar-refractivity contribution in [2.24, 2.45) is 0 Å². The summed E-state index contributed by atoms with van der Waals surface area (Å²) in [6.45, 7) is 0. The highest BCUT2D eigenvalue weighted by Crippen LogP contribution is 2.52. The van der Waals surface area contributed by atoms with Gasteiger partial charge in [-0.25, -0.2) is 0 Å². The minimum atomic E-state index is 0.204. The lowest BCUT2D eigenvalue weighted by molar-refractivity contribution is 0.669. The first-order chi connectivity index (χ1) is 27.3. The Bertz CT molecular complexity index is 3340. The number of hydrogen-bond acceptors (Lipinski definition) is 2. The first-order valence-corrected chi connectivity index (χ1v) is 19.2. The molecule has 13 rings (SSSR count). The summed E-state index contributed by atoms with van der Waals surface area (Å²) in [6, 6.07) is 60.2. The highest BCUT2D eigenvalue weighted by molar-refractivity contribution is 6.20. The van der Waals surface area contributed by atoms with Gasteiger partial charge in [0, 0.05) is 43.9 Å². The van der Waals surface area contributed by atoms with E-state index in [2.05, 4.69) is 179 Å². The number of aromatic nitrogens is 1. The number of fused-ring (bicyclic) bond motifs is 12. The third-order valence-corrected chi connectivity index (χ3v) is 12.4. The highest BCUT2D eigenvalue weighted by atomic mass is 16.3. The van der Waals surface area contributed by atoms with Crippen LogP contribution in [0.3, 0.4) is 0 Å². The molecule has 3 heteroatoms. The van der Waals surface area contributed by atoms with Crippen LogP contribution in [0.4, 0.5) is 11.4 Å². The van der Waals surface area contributed by atoms with Crippen molar-refractivity contribution in [3.05, 3.63) is 187 Å². The van der Waals surface area contributed by atoms with Crippen LogP contribution in [0, 0.1) is 0 Å². The lowest BCUT2D eigenvalue weighted by Crippen LogP contribution is -2.27. The van der Waals surface area contributed by atoms with Gasteiger partial charge in [-0.1, -0.05) is 121 Å². The predicted molar refractivity (Wildman–Crippen MR) is 229 cm³/mol. The minimum absolute atomic E-state index is 0.204. The number of anilines is 2. The Labute approximate surface area is 317 Å². The smallest absolute Gasteiger partial charge is 0.135 e. The molecular formula is C52H32N2O. The van der Waals surface area contributed by atoms with Crippen molar-refractivity contribution in [3.63, 3.8) is 0 Å². The molecule has 0 fully saturated rings. The Morgan fingerprint density at radius 1 is 0.455 bits per heavy atom. The lowest BCUT2D eigenvalue weighted by atomic mass is 9.88. The molecule has 0 N–H and O–H groups in total. The maximum atomic E-state index is 6.21. The van der Waals surface area contributed by atoms with Crippen LogP contribution in [-0.2, 0) is 0 Å². The zero-order chi connectivity index (χ0) is 35.8. The quantitative estimate of drug-likeness (QED) is 0.183. The van der Waals surface area contributed by atoms with E-state index in [1.54, 1.807) is 0 Å². The second-order valence-corrected chi connectivity index (χ2v) is 15.1. The van der Waals surface area contributed by atoms with E-state index in [4.69, 9.17) is 4.42 Å². The predicted octanol–water partition coefficient (Wildman–Crippen LogP) is 13.9. The van der Waals surface area contributed by atoms with Gasteiger partial charge < -0.3 is 13.9 Å². The van der Waals surface area contributed by atoms with Crippen LogP contribution < -0.4 is 4.90 Å². The van der Waals surface area contributed by atoms with Gasteiger partial charge >= 0.3 is 0 Å². The molecule has 0 saturated heterocycles. The molecule has 8 aromatic carbocycles. The molecule has 1 atom stereocenters. The summed E-state index contributed by atoms with van der Waals surface area (Å²) in [5.74, 6) is 0. The van der Waals surface area contributed by atoms with Gasteiger partial charge in [0.25, 0.3) is 0 Å². The van der Waals surface area contributed by atoms with Gasteiger partial charge in [-0.2, -0.15) is 0 Å². The Kier molecular flexibility index (Phi) is 5.74. The van der Waals surface area contributed by atoms with Crippen LogP contribution >= 0.6 is 0 Å². The van der Waals surface area contributed by atoms with Crippen LogP contribution in [0.5, 0.6) is 0 Å². The minimum Gasteiger partial charge on any atom is -0.456 e. The second kappa shape index (κ2) is 10.7. The summed E-state index contributed by atoms with van der Waals surface area (Å²) in [5.41, 5.74) is 18.5. The van der Waals surface area contributed by atoms with Gasteiger partial charge in [-0.3, -0.25) is 0 Å². The highest BCUT2D eigenvalue weighted by Gasteiger charge is 2.36. The third kappa shape index (κ3) is 3.89. The van der Waals surface area contributed by atoms with E-state index in [-0.39, 0.29) is 6.04 Å². The normalized spacial score (nSPS) is 15.6. The Morgan fingerprint density at radius 3 is 2.04 bits per heavy atom. The average Bonchev–Trinajstić information content (AvgIpc) is 3.98. The second-order valence-electron chi connectivity index (χ2n) is 15.1. The monoisotopic (exact) mass is 700 g/mol. The fraction of sp³-hybridized carbons (Fsp3) is 0.0385. The third-order valence-electron chi connectivity index (χ3n) is 12.4. The van der Waals surface area contributed by atoms with E-state index in [9.17, 15) is 0 Å². The van der Waals surface area contributed by atoms with Gasteiger partial charge in [-0.05, 0) is 105 Å². The van der Waals surface area contributed by atoms with E-state index in [1.165, 1.54) is 94.2 Å². The van der Waals surface area contributed by atoms with E-state index < -0.39 is 0 Å². The van der Waals surface area contributed by atoms with Crippen molar-refractivity contribution >= 4 is 77.0 Å². The molecule has 256 valence electrons. The standard InChI is InChI=1S/C52H32N2O/c1-2-12-35-34(11-1)38-17-9-18-40-46(27-25-39(35)51(38)40)54-45-20-7-4-15-41(45)52-33(16-10-21-48(52)54)31-23-26-47-42(29-31)36-13-3-6-19-44(36)53(47)32-24-28-50-43(30-32)37-14-5-8-22-49(37)55-50/h1-25,27-30,47H,26H2. The zero-order valence-corrected chi connectivity index (χ0v) is 29.8. The number of hydrogen-bond donors (Lipinski definition) is 0. The molecule has 0 spiro atoms. The van der Waals surface area contributed by atoms with Crippen molar-refractivity contribution in [2.45, 2.75) is 12.5 Å². The van der Waals surface area contributed by atoms with Gasteiger partial charge in [0.1, 0.15) is 11.2 Å². The van der Waals surface area contributed by atoms with E-state index in [0.29, 0.717) is 0 Å². The molecule has 0 bridgehead atoms. The maximum Gasteiger partial charge on any atom is 0.135 e. The molecule has 0 saturated carbocycles. The molecule has 10 aromatic rings. The van der Waals surface area contributed by atoms with Crippen molar-refractivity contribution in [3.8, 4) is 27.9 Å². The topological polar surface area (TPSA) is 21.3 Å². The van der Waals surface area contributed by atoms with Crippen LogP contribution in [0.2, 0.25) is 0 Å². The SMILES string of the molecule is C1=C(c2cccc3c2c2ccccc2n3-c2ccc3c4c(cccc24)-c2ccccc2-3)C=C2c3ccccc3N(c3ccc4oc5ccccc5c4c3)C2C1. The summed E-state index contributed by atoms with van der Waals surface area (Å²) in [4.78, 5) is 2.54. The first kappa shape index (κ1) is 29.4. The van der Waals surface area contributed by atoms with Gasteiger partial charge in [0.05, 0.1) is 22.8 Å². The molecule has 1 unspecified atom stereocenters. The summed E-state index contributed by atoms with van der Waals surface area (Å²) in [6.07, 6.45) is 5.84. The molecule has 2 aromatic heterocycles. The fourth-order valence-corrected chi connectivity index (χ4v) is 10.2. The van der Waals surface area contributed by atoms with Crippen LogP contribution in [0.15, 0.2) is 180 Å². The Hall–Kier alpha value is -7.10. The van der Waals surface area contributed by atoms with E-state index in [0.717, 1.165) is 28.4 Å². The molecule has 3 nitrogen and oxygen atoms in total. The molecule has 1 aliphatic heterocycles. The van der Waals surface area contributed by atoms with E-state index in [1.807, 2.05) is 6.07 Å². The molecule has 3 heterocycles. The van der Waals surface area contributed by atoms with Crippen molar-refractivity contribution in [1.82, 2.24) is 4.57 Å². The lowest BCUT2D eigenvalue weighted by Gasteiger charge is -2.29. The van der Waals surface area contributed by atoms with Crippen LogP contribution in [0.25, 0.3) is 93.6 Å². The number of rotatable bonds is 3. The molecule has 0 amide bonds. The van der Waals surface area contributed by atoms with Crippen molar-refractivity contribution in [1.29, 1.82) is 0 Å². The van der Waals surface area contributed by atoms with Gasteiger partial charge in [0.2, 0.25) is 0 Å². The van der Waals surface area contributed by atoms with Crippen molar-refractivity contribution < 1.29 is 4.42 Å². The molecule has 55 heavy (non-hydrogen) atoms. The molecular weight excluding hydrogens is 669 g/mol. The maximum absolute atomic E-state index is 6.21. The Balaban J connectivity index is 0.978. The van der Waals surface area contributed by atoms with Gasteiger partial charge in [-0.15, -0.1) is 0 Å². The Morgan fingerprint density at radius 2 is 1.13 bits per heavy atom. The zero-order valence-electron chi connectivity index (χ0n) is 29.8. The van der Waals surface area contributed by atoms with E-state index >= 15 is 0 Å². The number of allylic oxidation sites excluding steroid dienone is 2. The molecule has 0 radical (unpaired) electrons. The largest absolute Gasteiger partial charge is 0.456 e. The average molecular weight is 701 g/mol. The summed E-state index contributed by atoms with van der Waals surface area (Å²) >= 11 is 0. The van der Waals surface area contributed by atoms with Crippen LogP contribution in [0.1, 0.15) is 17.5 Å². The fourth-order valence-electron chi connectivity index (χ4n) is 10.2. The first-order valence-electron chi connectivity index (χ1n) is 19.2. The number of furan rings is 1. The van der Waals surface area contributed by atoms with Gasteiger partial charge in [0.15, 0.2) is 0 Å². The summed E-state index contributed by atoms with van der Waals surface area (Å²) in [5, 5.41) is 7.51. The summed E-state index contributed by atoms with van der Waals surface area (Å²) in [7, 11) is 0. The molecule has 3 aliphatic rings.